The minimum absolute atomic E-state index is 0.0582. The number of ether oxygens (including phenoxy) is 1. The topological polar surface area (TPSA) is 93.2 Å². The van der Waals surface area contributed by atoms with Crippen LogP contribution in [0.1, 0.15) is 27.3 Å². The summed E-state index contributed by atoms with van der Waals surface area (Å²) >= 11 is 7.36. The van der Waals surface area contributed by atoms with Crippen LogP contribution < -0.4 is 15.4 Å². The number of carbonyl (C=O) groups excluding carboxylic acids is 2. The van der Waals surface area contributed by atoms with E-state index in [1.54, 1.807) is 30.3 Å². The molecule has 7 nitrogen and oxygen atoms in total. The van der Waals surface area contributed by atoms with Crippen molar-refractivity contribution in [2.24, 2.45) is 0 Å². The predicted molar refractivity (Wildman–Crippen MR) is 119 cm³/mol. The molecule has 0 radical (unpaired) electrons. The molecule has 3 rings (SSSR count). The average molecular weight is 461 g/mol. The molecule has 0 saturated carbocycles. The van der Waals surface area contributed by atoms with Gasteiger partial charge in [0.2, 0.25) is 5.01 Å². The van der Waals surface area contributed by atoms with Gasteiger partial charge in [0.15, 0.2) is 11.6 Å². The number of hydrogen-bond donors (Lipinski definition) is 2. The van der Waals surface area contributed by atoms with Crippen LogP contribution in [0.25, 0.3) is 11.1 Å². The zero-order chi connectivity index (χ0) is 22.2. The molecule has 10 heteroatoms. The monoisotopic (exact) mass is 460 g/mol. The Hall–Kier alpha value is -3.30. The minimum Gasteiger partial charge on any atom is -0.484 e. The number of aromatic nitrogens is 2. The van der Waals surface area contributed by atoms with Gasteiger partial charge >= 0.3 is 0 Å². The maximum Gasteiger partial charge on any atom is 0.286 e. The van der Waals surface area contributed by atoms with Crippen LogP contribution in [0.4, 0.5) is 10.1 Å². The zero-order valence-electron chi connectivity index (χ0n) is 16.4. The molecular formula is C21H18ClFN4O3S. The fourth-order valence-corrected chi connectivity index (χ4v) is 3.32. The van der Waals surface area contributed by atoms with Gasteiger partial charge in [-0.1, -0.05) is 35.1 Å². The van der Waals surface area contributed by atoms with E-state index >= 15 is 0 Å². The highest BCUT2D eigenvalue weighted by molar-refractivity contribution is 7.15. The summed E-state index contributed by atoms with van der Waals surface area (Å²) in [5.41, 5.74) is 1.22. The van der Waals surface area contributed by atoms with Crippen molar-refractivity contribution in [3.05, 3.63) is 69.9 Å². The van der Waals surface area contributed by atoms with Crippen molar-refractivity contribution in [1.82, 2.24) is 15.5 Å². The van der Waals surface area contributed by atoms with E-state index in [2.05, 4.69) is 20.8 Å². The molecule has 2 amide bonds. The molecule has 0 spiro atoms. The summed E-state index contributed by atoms with van der Waals surface area (Å²) in [4.78, 5) is 23.7. The SMILES string of the molecule is CCNC(=O)COc1ccc(/C=C(\Cl)c2nnc(C(=O)Nc3ccc(F)cc3)s2)cc1. The lowest BCUT2D eigenvalue weighted by atomic mass is 10.2. The standard InChI is InChI=1S/C21H18ClFN4O3S/c1-2-24-18(28)12-30-16-9-3-13(4-10-16)11-17(22)20-26-27-21(31-20)19(29)25-15-7-5-14(23)6-8-15/h3-11H,2,12H2,1H3,(H,24,28)(H,25,29)/b17-11-. The lowest BCUT2D eigenvalue weighted by Crippen LogP contribution is -2.28. The van der Waals surface area contributed by atoms with Gasteiger partial charge in [-0.25, -0.2) is 4.39 Å². The quantitative estimate of drug-likeness (QED) is 0.526. The summed E-state index contributed by atoms with van der Waals surface area (Å²) in [5.74, 6) is -0.497. The van der Waals surface area contributed by atoms with Gasteiger partial charge in [-0.05, 0) is 55.0 Å². The maximum atomic E-state index is 13.0. The minimum atomic E-state index is -0.464. The first-order valence-corrected chi connectivity index (χ1v) is 10.4. The highest BCUT2D eigenvalue weighted by Crippen LogP contribution is 2.26. The molecule has 0 bridgehead atoms. The van der Waals surface area contributed by atoms with E-state index in [9.17, 15) is 14.0 Å². The largest absolute Gasteiger partial charge is 0.484 e. The van der Waals surface area contributed by atoms with Gasteiger partial charge in [0.25, 0.3) is 11.8 Å². The second-order valence-corrected chi connectivity index (χ2v) is 7.56. The summed E-state index contributed by atoms with van der Waals surface area (Å²) in [6.45, 7) is 2.32. The van der Waals surface area contributed by atoms with Crippen molar-refractivity contribution in [3.8, 4) is 5.75 Å². The highest BCUT2D eigenvalue weighted by atomic mass is 35.5. The Morgan fingerprint density at radius 1 is 1.10 bits per heavy atom. The van der Waals surface area contributed by atoms with Crippen LogP contribution in [-0.2, 0) is 4.79 Å². The van der Waals surface area contributed by atoms with Crippen LogP contribution in [0.2, 0.25) is 0 Å². The van der Waals surface area contributed by atoms with Gasteiger partial charge < -0.3 is 15.4 Å². The van der Waals surface area contributed by atoms with E-state index < -0.39 is 11.7 Å². The van der Waals surface area contributed by atoms with E-state index in [0.29, 0.717) is 28.0 Å². The summed E-state index contributed by atoms with van der Waals surface area (Å²) in [7, 11) is 0. The molecule has 0 aliphatic heterocycles. The van der Waals surface area contributed by atoms with Crippen molar-refractivity contribution in [1.29, 1.82) is 0 Å². The van der Waals surface area contributed by atoms with E-state index in [0.717, 1.165) is 16.9 Å². The van der Waals surface area contributed by atoms with Crippen molar-refractivity contribution < 1.29 is 18.7 Å². The average Bonchev–Trinajstić information content (AvgIpc) is 3.26. The number of amides is 2. The van der Waals surface area contributed by atoms with Crippen LogP contribution in [0, 0.1) is 5.82 Å². The van der Waals surface area contributed by atoms with Gasteiger partial charge in [0.05, 0.1) is 5.03 Å². The molecule has 31 heavy (non-hydrogen) atoms. The van der Waals surface area contributed by atoms with E-state index in [-0.39, 0.29) is 17.5 Å². The lowest BCUT2D eigenvalue weighted by molar-refractivity contribution is -0.122. The molecule has 0 fully saturated rings. The number of benzene rings is 2. The first kappa shape index (κ1) is 22.4. The van der Waals surface area contributed by atoms with Crippen molar-refractivity contribution in [2.45, 2.75) is 6.92 Å². The fourth-order valence-electron chi connectivity index (χ4n) is 2.39. The molecular weight excluding hydrogens is 443 g/mol. The molecule has 2 N–H and O–H groups in total. The molecule has 160 valence electrons. The molecule has 0 unspecified atom stereocenters. The number of carbonyl (C=O) groups is 2. The van der Waals surface area contributed by atoms with Gasteiger partial charge in [0, 0.05) is 12.2 Å². The number of nitrogens with zero attached hydrogens (tertiary/aromatic N) is 2. The first-order chi connectivity index (χ1) is 14.9. The number of hydrogen-bond acceptors (Lipinski definition) is 6. The molecule has 1 heterocycles. The molecule has 2 aromatic carbocycles. The second-order valence-electron chi connectivity index (χ2n) is 6.18. The predicted octanol–water partition coefficient (Wildman–Crippen LogP) is 4.18. The van der Waals surface area contributed by atoms with E-state index in [4.69, 9.17) is 16.3 Å². The molecule has 1 aromatic heterocycles. The van der Waals surface area contributed by atoms with Crippen molar-refractivity contribution >= 4 is 51.5 Å². The number of anilines is 1. The van der Waals surface area contributed by atoms with Gasteiger partial charge in [-0.3, -0.25) is 9.59 Å². The normalized spacial score (nSPS) is 11.1. The maximum absolute atomic E-state index is 13.0. The van der Waals surface area contributed by atoms with E-state index in [1.807, 2.05) is 6.92 Å². The fraction of sp³-hybridized carbons (Fsp3) is 0.143. The Morgan fingerprint density at radius 3 is 2.45 bits per heavy atom. The van der Waals surface area contributed by atoms with Crippen LogP contribution in [0.15, 0.2) is 48.5 Å². The third kappa shape index (κ3) is 6.59. The third-order valence-corrected chi connectivity index (χ3v) is 5.20. The second kappa shape index (κ2) is 10.6. The molecule has 0 aliphatic rings. The molecule has 0 atom stereocenters. The molecule has 0 saturated heterocycles. The summed E-state index contributed by atoms with van der Waals surface area (Å²) in [5, 5.41) is 13.9. The summed E-state index contributed by atoms with van der Waals surface area (Å²) in [6, 6.07) is 12.4. The zero-order valence-corrected chi connectivity index (χ0v) is 18.0. The molecule has 3 aromatic rings. The number of likely N-dealkylation sites (N-methyl/N-ethyl adjacent to an activating group) is 1. The van der Waals surface area contributed by atoms with Crippen molar-refractivity contribution in [3.63, 3.8) is 0 Å². The Balaban J connectivity index is 1.61. The molecule has 0 aliphatic carbocycles. The lowest BCUT2D eigenvalue weighted by Gasteiger charge is -2.06. The van der Waals surface area contributed by atoms with Gasteiger partial charge in [-0.15, -0.1) is 10.2 Å². The Kier molecular flexibility index (Phi) is 7.69. The Labute approximate surface area is 186 Å². The summed E-state index contributed by atoms with van der Waals surface area (Å²) in [6.07, 6.45) is 1.68. The van der Waals surface area contributed by atoms with Crippen molar-refractivity contribution in [2.75, 3.05) is 18.5 Å². The van der Waals surface area contributed by atoms with Crippen LogP contribution in [-0.4, -0.2) is 35.2 Å². The number of halogens is 2. The van der Waals surface area contributed by atoms with Crippen LogP contribution in [0.5, 0.6) is 5.75 Å². The van der Waals surface area contributed by atoms with Crippen LogP contribution in [0.3, 0.4) is 0 Å². The Morgan fingerprint density at radius 2 is 1.77 bits per heavy atom. The van der Waals surface area contributed by atoms with Gasteiger partial charge in [0.1, 0.15) is 11.6 Å². The highest BCUT2D eigenvalue weighted by Gasteiger charge is 2.15. The third-order valence-electron chi connectivity index (χ3n) is 3.84. The van der Waals surface area contributed by atoms with E-state index in [1.165, 1.54) is 24.3 Å². The first-order valence-electron chi connectivity index (χ1n) is 9.22. The summed E-state index contributed by atoms with van der Waals surface area (Å²) < 4.78 is 18.4. The number of rotatable bonds is 8. The Bertz CT molecular complexity index is 1080. The smallest absolute Gasteiger partial charge is 0.286 e. The van der Waals surface area contributed by atoms with Gasteiger partial charge in [-0.2, -0.15) is 0 Å². The number of nitrogens with one attached hydrogen (secondary N) is 2. The van der Waals surface area contributed by atoms with Crippen LogP contribution >= 0.6 is 22.9 Å².